The largest absolute Gasteiger partial charge is 0.460 e. The number of rotatable bonds is 4. The molecule has 0 fully saturated rings. The molecule has 0 saturated heterocycles. The van der Waals surface area contributed by atoms with Gasteiger partial charge in [0.1, 0.15) is 0 Å². The second-order valence-electron chi connectivity index (χ2n) is 5.65. The summed E-state index contributed by atoms with van der Waals surface area (Å²) in [7, 11) is 0. The Kier molecular flexibility index (Phi) is 4.51. The van der Waals surface area contributed by atoms with Crippen molar-refractivity contribution in [3.63, 3.8) is 0 Å². The average Bonchev–Trinajstić information content (AvgIpc) is 2.62. The van der Waals surface area contributed by atoms with Crippen molar-refractivity contribution in [1.82, 2.24) is 4.98 Å². The first kappa shape index (κ1) is 16.1. The molecule has 122 valence electrons. The lowest BCUT2D eigenvalue weighted by Crippen LogP contribution is -2.35. The van der Waals surface area contributed by atoms with Gasteiger partial charge in [-0.1, -0.05) is 18.2 Å². The third-order valence-corrected chi connectivity index (χ3v) is 4.18. The fourth-order valence-corrected chi connectivity index (χ4v) is 2.95. The summed E-state index contributed by atoms with van der Waals surface area (Å²) in [5, 5.41) is 0. The number of ketones is 2. The van der Waals surface area contributed by atoms with E-state index in [4.69, 9.17) is 4.74 Å². The van der Waals surface area contributed by atoms with Crippen LogP contribution < -0.4 is 0 Å². The molecule has 24 heavy (non-hydrogen) atoms. The molecular weight excluding hydrogens is 306 g/mol. The third-order valence-electron chi connectivity index (χ3n) is 4.18. The normalized spacial score (nSPS) is 16.4. The van der Waals surface area contributed by atoms with Crippen molar-refractivity contribution in [1.29, 1.82) is 0 Å². The highest BCUT2D eigenvalue weighted by atomic mass is 16.5. The third kappa shape index (κ3) is 2.97. The van der Waals surface area contributed by atoms with Crippen molar-refractivity contribution >= 4 is 17.5 Å². The van der Waals surface area contributed by atoms with Crippen LogP contribution in [0.3, 0.4) is 0 Å². The molecule has 1 heterocycles. The van der Waals surface area contributed by atoms with Crippen molar-refractivity contribution in [2.24, 2.45) is 5.92 Å². The van der Waals surface area contributed by atoms with E-state index in [-0.39, 0.29) is 12.4 Å². The van der Waals surface area contributed by atoms with Gasteiger partial charge in [-0.05, 0) is 43.0 Å². The molecule has 1 aromatic heterocycles. The van der Waals surface area contributed by atoms with E-state index >= 15 is 0 Å². The SMILES string of the molecule is CCOC(=O)C(=O)C1CCc2ccc(-c3cccnc3)cc2C1=O. The summed E-state index contributed by atoms with van der Waals surface area (Å²) < 4.78 is 4.74. The Morgan fingerprint density at radius 1 is 1.25 bits per heavy atom. The molecule has 0 saturated carbocycles. The van der Waals surface area contributed by atoms with Crippen LogP contribution in [0.25, 0.3) is 11.1 Å². The second kappa shape index (κ2) is 6.74. The number of carbonyl (C=O) groups excluding carboxylic acids is 3. The number of Topliss-reactive ketones (excluding diaryl/α,β-unsaturated/α-hetero) is 2. The lowest BCUT2D eigenvalue weighted by atomic mass is 9.79. The molecule has 0 aliphatic heterocycles. The van der Waals surface area contributed by atoms with Crippen molar-refractivity contribution in [2.75, 3.05) is 6.61 Å². The van der Waals surface area contributed by atoms with Crippen LogP contribution >= 0.6 is 0 Å². The molecule has 1 aliphatic rings. The first-order valence-electron chi connectivity index (χ1n) is 7.90. The molecular formula is C19H17NO4. The molecule has 1 aliphatic carbocycles. The first-order valence-corrected chi connectivity index (χ1v) is 7.90. The topological polar surface area (TPSA) is 73.3 Å². The maximum atomic E-state index is 12.7. The number of carbonyl (C=O) groups is 3. The molecule has 0 spiro atoms. The number of benzene rings is 1. The van der Waals surface area contributed by atoms with Crippen LogP contribution in [0.15, 0.2) is 42.7 Å². The summed E-state index contributed by atoms with van der Waals surface area (Å²) in [5.74, 6) is -2.93. The van der Waals surface area contributed by atoms with Crippen LogP contribution in [0.4, 0.5) is 0 Å². The Balaban J connectivity index is 1.92. The van der Waals surface area contributed by atoms with Crippen LogP contribution in [0.5, 0.6) is 0 Å². The quantitative estimate of drug-likeness (QED) is 0.491. The van der Waals surface area contributed by atoms with Gasteiger partial charge in [0.25, 0.3) is 5.78 Å². The number of esters is 1. The van der Waals surface area contributed by atoms with E-state index in [0.29, 0.717) is 18.4 Å². The summed E-state index contributed by atoms with van der Waals surface area (Å²) >= 11 is 0. The predicted octanol–water partition coefficient (Wildman–Crippen LogP) is 2.63. The summed E-state index contributed by atoms with van der Waals surface area (Å²) in [4.78, 5) is 40.6. The van der Waals surface area contributed by atoms with Crippen LogP contribution in [-0.2, 0) is 20.7 Å². The Labute approximate surface area is 139 Å². The molecule has 5 nitrogen and oxygen atoms in total. The van der Waals surface area contributed by atoms with E-state index in [2.05, 4.69) is 4.98 Å². The standard InChI is InChI=1S/C19H17NO4/c1-2-24-19(23)18(22)15-8-7-12-5-6-13(10-16(12)17(15)21)14-4-3-9-20-11-14/h3-6,9-11,15H,2,7-8H2,1H3. The highest BCUT2D eigenvalue weighted by molar-refractivity contribution is 6.39. The summed E-state index contributed by atoms with van der Waals surface area (Å²) in [6, 6.07) is 9.35. The van der Waals surface area contributed by atoms with Crippen LogP contribution in [-0.4, -0.2) is 29.1 Å². The number of hydrogen-bond donors (Lipinski definition) is 0. The Bertz CT molecular complexity index is 798. The highest BCUT2D eigenvalue weighted by Gasteiger charge is 2.36. The molecule has 1 aromatic carbocycles. The van der Waals surface area contributed by atoms with Gasteiger partial charge in [-0.3, -0.25) is 14.6 Å². The van der Waals surface area contributed by atoms with Gasteiger partial charge < -0.3 is 4.74 Å². The van der Waals surface area contributed by atoms with E-state index in [1.165, 1.54) is 0 Å². The van der Waals surface area contributed by atoms with Gasteiger partial charge in [-0.25, -0.2) is 4.79 Å². The zero-order valence-corrected chi connectivity index (χ0v) is 13.3. The Morgan fingerprint density at radius 2 is 2.08 bits per heavy atom. The number of ether oxygens (including phenoxy) is 1. The minimum absolute atomic E-state index is 0.118. The summed E-state index contributed by atoms with van der Waals surface area (Å²) in [6.45, 7) is 1.75. The van der Waals surface area contributed by atoms with Crippen molar-refractivity contribution < 1.29 is 19.1 Å². The zero-order chi connectivity index (χ0) is 17.1. The van der Waals surface area contributed by atoms with Crippen molar-refractivity contribution in [2.45, 2.75) is 19.8 Å². The second-order valence-corrected chi connectivity index (χ2v) is 5.65. The van der Waals surface area contributed by atoms with E-state index in [9.17, 15) is 14.4 Å². The van der Waals surface area contributed by atoms with Crippen LogP contribution in [0, 0.1) is 5.92 Å². The van der Waals surface area contributed by atoms with Gasteiger partial charge in [0.05, 0.1) is 12.5 Å². The number of hydrogen-bond acceptors (Lipinski definition) is 5. The Hall–Kier alpha value is -2.82. The Morgan fingerprint density at radius 3 is 2.79 bits per heavy atom. The molecule has 3 rings (SSSR count). The van der Waals surface area contributed by atoms with Gasteiger partial charge >= 0.3 is 5.97 Å². The fraction of sp³-hybridized carbons (Fsp3) is 0.263. The maximum Gasteiger partial charge on any atom is 0.375 e. The number of nitrogens with zero attached hydrogens (tertiary/aromatic N) is 1. The number of fused-ring (bicyclic) bond motifs is 1. The highest BCUT2D eigenvalue weighted by Crippen LogP contribution is 2.30. The van der Waals surface area contributed by atoms with E-state index in [0.717, 1.165) is 16.7 Å². The van der Waals surface area contributed by atoms with Crippen molar-refractivity contribution in [3.05, 3.63) is 53.9 Å². The maximum absolute atomic E-state index is 12.7. The van der Waals surface area contributed by atoms with E-state index in [1.54, 1.807) is 25.4 Å². The molecule has 1 unspecified atom stereocenters. The predicted molar refractivity (Wildman–Crippen MR) is 87.5 cm³/mol. The first-order chi connectivity index (χ1) is 11.6. The van der Waals surface area contributed by atoms with Crippen molar-refractivity contribution in [3.8, 4) is 11.1 Å². The zero-order valence-electron chi connectivity index (χ0n) is 13.3. The van der Waals surface area contributed by atoms with Crippen LogP contribution in [0.2, 0.25) is 0 Å². The van der Waals surface area contributed by atoms with E-state index in [1.807, 2.05) is 24.3 Å². The number of aryl methyl sites for hydroxylation is 1. The molecule has 2 aromatic rings. The van der Waals surface area contributed by atoms with Crippen LogP contribution in [0.1, 0.15) is 29.3 Å². The number of pyridine rings is 1. The average molecular weight is 323 g/mol. The fourth-order valence-electron chi connectivity index (χ4n) is 2.95. The summed E-state index contributed by atoms with van der Waals surface area (Å²) in [6.07, 6.45) is 4.33. The van der Waals surface area contributed by atoms with Gasteiger partial charge in [-0.15, -0.1) is 0 Å². The molecule has 5 heteroatoms. The summed E-state index contributed by atoms with van der Waals surface area (Å²) in [5.41, 5.74) is 3.16. The molecule has 0 N–H and O–H groups in total. The van der Waals surface area contributed by atoms with E-state index < -0.39 is 17.7 Å². The molecule has 0 radical (unpaired) electrons. The lowest BCUT2D eigenvalue weighted by Gasteiger charge is -2.22. The van der Waals surface area contributed by atoms with Gasteiger partial charge in [0.15, 0.2) is 5.78 Å². The lowest BCUT2D eigenvalue weighted by molar-refractivity contribution is -0.154. The molecule has 0 bridgehead atoms. The van der Waals surface area contributed by atoms with Gasteiger partial charge in [0, 0.05) is 23.5 Å². The van der Waals surface area contributed by atoms with Gasteiger partial charge in [-0.2, -0.15) is 0 Å². The number of aromatic nitrogens is 1. The minimum atomic E-state index is -0.944. The monoisotopic (exact) mass is 323 g/mol. The molecule has 0 amide bonds. The minimum Gasteiger partial charge on any atom is -0.460 e. The van der Waals surface area contributed by atoms with Gasteiger partial charge in [0.2, 0.25) is 0 Å². The molecule has 1 atom stereocenters. The smallest absolute Gasteiger partial charge is 0.375 e.